The summed E-state index contributed by atoms with van der Waals surface area (Å²) in [5.41, 5.74) is 12.0. The van der Waals surface area contributed by atoms with Crippen molar-refractivity contribution < 1.29 is 0 Å². The highest BCUT2D eigenvalue weighted by Gasteiger charge is 2.05. The maximum Gasteiger partial charge on any atom is 0.0359 e. The molecule has 0 saturated heterocycles. The normalized spacial score (nSPS) is 10.9. The molecular weight excluding hydrogens is 232 g/mol. The van der Waals surface area contributed by atoms with Gasteiger partial charge in [0.1, 0.15) is 0 Å². The van der Waals surface area contributed by atoms with Crippen LogP contribution in [0.25, 0.3) is 0 Å². The van der Waals surface area contributed by atoms with E-state index in [0.717, 1.165) is 18.8 Å². The second-order valence-corrected chi connectivity index (χ2v) is 5.36. The zero-order valence-electron chi connectivity index (χ0n) is 12.0. The van der Waals surface area contributed by atoms with Crippen LogP contribution < -0.4 is 5.73 Å². The van der Waals surface area contributed by atoms with Crippen LogP contribution in [0.1, 0.15) is 22.3 Å². The lowest BCUT2D eigenvalue weighted by Gasteiger charge is -2.18. The van der Waals surface area contributed by atoms with Gasteiger partial charge in [0.15, 0.2) is 0 Å². The number of nitrogens with two attached hydrogens (primary N) is 1. The summed E-state index contributed by atoms with van der Waals surface area (Å²) < 4.78 is 0. The number of aryl methyl sites for hydroxylation is 2. The molecule has 0 spiro atoms. The van der Waals surface area contributed by atoms with Gasteiger partial charge in [0, 0.05) is 18.8 Å². The average molecular weight is 254 g/mol. The van der Waals surface area contributed by atoms with Gasteiger partial charge in [0.2, 0.25) is 0 Å². The Bertz CT molecular complexity index is 544. The summed E-state index contributed by atoms with van der Waals surface area (Å²) in [5.74, 6) is 0. The summed E-state index contributed by atoms with van der Waals surface area (Å²) in [6.07, 6.45) is 0. The monoisotopic (exact) mass is 254 g/mol. The van der Waals surface area contributed by atoms with Crippen LogP contribution in [-0.4, -0.2) is 11.9 Å². The van der Waals surface area contributed by atoms with Crippen molar-refractivity contribution >= 4 is 5.69 Å². The standard InChI is InChI=1S/C17H22N2/c1-13-4-7-15(8-5-13)11-19(3)12-16-10-14(2)6-9-17(16)18/h4-10H,11-12,18H2,1-3H3. The Morgan fingerprint density at radius 1 is 0.895 bits per heavy atom. The van der Waals surface area contributed by atoms with Crippen molar-refractivity contribution in [3.8, 4) is 0 Å². The van der Waals surface area contributed by atoms with E-state index in [0.29, 0.717) is 0 Å². The Morgan fingerprint density at radius 2 is 1.53 bits per heavy atom. The van der Waals surface area contributed by atoms with Gasteiger partial charge in [-0.3, -0.25) is 4.90 Å². The molecule has 2 aromatic carbocycles. The lowest BCUT2D eigenvalue weighted by molar-refractivity contribution is 0.319. The topological polar surface area (TPSA) is 29.3 Å². The second-order valence-electron chi connectivity index (χ2n) is 5.36. The van der Waals surface area contributed by atoms with Gasteiger partial charge in [-0.1, -0.05) is 47.5 Å². The van der Waals surface area contributed by atoms with E-state index in [1.807, 2.05) is 6.07 Å². The van der Waals surface area contributed by atoms with E-state index in [4.69, 9.17) is 5.73 Å². The fraction of sp³-hybridized carbons (Fsp3) is 0.294. The van der Waals surface area contributed by atoms with Gasteiger partial charge in [-0.2, -0.15) is 0 Å². The van der Waals surface area contributed by atoms with E-state index in [9.17, 15) is 0 Å². The molecule has 100 valence electrons. The number of rotatable bonds is 4. The zero-order chi connectivity index (χ0) is 13.8. The summed E-state index contributed by atoms with van der Waals surface area (Å²) in [6.45, 7) is 6.03. The van der Waals surface area contributed by atoms with Crippen LogP contribution in [0.3, 0.4) is 0 Å². The van der Waals surface area contributed by atoms with Crippen molar-refractivity contribution in [2.75, 3.05) is 12.8 Å². The Kier molecular flexibility index (Phi) is 4.23. The van der Waals surface area contributed by atoms with E-state index in [-0.39, 0.29) is 0 Å². The molecule has 0 aliphatic carbocycles. The molecular formula is C17H22N2. The quantitative estimate of drug-likeness (QED) is 0.846. The summed E-state index contributed by atoms with van der Waals surface area (Å²) in [6, 6.07) is 14.9. The molecule has 0 aliphatic heterocycles. The number of anilines is 1. The average Bonchev–Trinajstić information content (AvgIpc) is 2.37. The van der Waals surface area contributed by atoms with Crippen molar-refractivity contribution in [1.82, 2.24) is 4.90 Å². The van der Waals surface area contributed by atoms with Crippen LogP contribution in [0.5, 0.6) is 0 Å². The van der Waals surface area contributed by atoms with E-state index in [2.05, 4.69) is 62.2 Å². The Hall–Kier alpha value is -1.80. The van der Waals surface area contributed by atoms with Crippen molar-refractivity contribution in [2.45, 2.75) is 26.9 Å². The molecule has 2 heteroatoms. The SMILES string of the molecule is Cc1ccc(CN(C)Cc2cc(C)ccc2N)cc1. The third-order valence-corrected chi connectivity index (χ3v) is 3.31. The number of nitrogens with zero attached hydrogens (tertiary/aromatic N) is 1. The van der Waals surface area contributed by atoms with Crippen LogP contribution >= 0.6 is 0 Å². The largest absolute Gasteiger partial charge is 0.398 e. The molecule has 0 fully saturated rings. The summed E-state index contributed by atoms with van der Waals surface area (Å²) >= 11 is 0. The number of benzene rings is 2. The van der Waals surface area contributed by atoms with Crippen LogP contribution in [-0.2, 0) is 13.1 Å². The molecule has 0 heterocycles. The lowest BCUT2D eigenvalue weighted by atomic mass is 10.1. The van der Waals surface area contributed by atoms with E-state index in [1.165, 1.54) is 22.3 Å². The molecule has 2 rings (SSSR count). The van der Waals surface area contributed by atoms with Gasteiger partial charge in [-0.15, -0.1) is 0 Å². The first-order valence-electron chi connectivity index (χ1n) is 6.63. The van der Waals surface area contributed by atoms with Crippen LogP contribution in [0, 0.1) is 13.8 Å². The van der Waals surface area contributed by atoms with Crippen molar-refractivity contribution in [1.29, 1.82) is 0 Å². The van der Waals surface area contributed by atoms with Crippen LogP contribution in [0.15, 0.2) is 42.5 Å². The Labute approximate surface area is 115 Å². The second kappa shape index (κ2) is 5.89. The molecule has 19 heavy (non-hydrogen) atoms. The van der Waals surface area contributed by atoms with Crippen molar-refractivity contribution in [3.63, 3.8) is 0 Å². The van der Waals surface area contributed by atoms with Gasteiger partial charge in [0.25, 0.3) is 0 Å². The van der Waals surface area contributed by atoms with Gasteiger partial charge in [-0.05, 0) is 38.1 Å². The summed E-state index contributed by atoms with van der Waals surface area (Å²) in [5, 5.41) is 0. The first-order valence-corrected chi connectivity index (χ1v) is 6.63. The van der Waals surface area contributed by atoms with Crippen LogP contribution in [0.4, 0.5) is 5.69 Å². The summed E-state index contributed by atoms with van der Waals surface area (Å²) in [4.78, 5) is 2.29. The molecule has 2 N–H and O–H groups in total. The van der Waals surface area contributed by atoms with Crippen molar-refractivity contribution in [3.05, 3.63) is 64.7 Å². The van der Waals surface area contributed by atoms with E-state index in [1.54, 1.807) is 0 Å². The van der Waals surface area contributed by atoms with Gasteiger partial charge in [0.05, 0.1) is 0 Å². The number of hydrogen-bond donors (Lipinski definition) is 1. The predicted octanol–water partition coefficient (Wildman–Crippen LogP) is 3.52. The minimum Gasteiger partial charge on any atom is -0.398 e. The maximum absolute atomic E-state index is 6.02. The first kappa shape index (κ1) is 13.6. The maximum atomic E-state index is 6.02. The minimum absolute atomic E-state index is 0.876. The highest BCUT2D eigenvalue weighted by molar-refractivity contribution is 5.48. The van der Waals surface area contributed by atoms with Gasteiger partial charge >= 0.3 is 0 Å². The molecule has 0 amide bonds. The molecule has 0 atom stereocenters. The molecule has 2 aromatic rings. The van der Waals surface area contributed by atoms with E-state index < -0.39 is 0 Å². The van der Waals surface area contributed by atoms with Gasteiger partial charge < -0.3 is 5.73 Å². The Morgan fingerprint density at radius 3 is 2.21 bits per heavy atom. The third kappa shape index (κ3) is 3.83. The molecule has 0 aromatic heterocycles. The fourth-order valence-corrected chi connectivity index (χ4v) is 2.22. The fourth-order valence-electron chi connectivity index (χ4n) is 2.22. The highest BCUT2D eigenvalue weighted by Crippen LogP contribution is 2.16. The predicted molar refractivity (Wildman–Crippen MR) is 81.9 cm³/mol. The third-order valence-electron chi connectivity index (χ3n) is 3.31. The highest BCUT2D eigenvalue weighted by atomic mass is 15.1. The smallest absolute Gasteiger partial charge is 0.0359 e. The zero-order valence-corrected chi connectivity index (χ0v) is 12.0. The lowest BCUT2D eigenvalue weighted by Crippen LogP contribution is -2.18. The molecule has 0 bridgehead atoms. The minimum atomic E-state index is 0.876. The Balaban J connectivity index is 2.02. The van der Waals surface area contributed by atoms with Crippen molar-refractivity contribution in [2.24, 2.45) is 0 Å². The molecule has 0 radical (unpaired) electrons. The van der Waals surface area contributed by atoms with Gasteiger partial charge in [-0.25, -0.2) is 0 Å². The molecule has 0 aliphatic rings. The molecule has 0 unspecified atom stereocenters. The number of hydrogen-bond acceptors (Lipinski definition) is 2. The van der Waals surface area contributed by atoms with Crippen LogP contribution in [0.2, 0.25) is 0 Å². The molecule has 0 saturated carbocycles. The molecule has 2 nitrogen and oxygen atoms in total. The summed E-state index contributed by atoms with van der Waals surface area (Å²) in [7, 11) is 2.13. The number of nitrogen functional groups attached to an aromatic ring is 1. The van der Waals surface area contributed by atoms with E-state index >= 15 is 0 Å². The first-order chi connectivity index (χ1) is 9.04.